The van der Waals surface area contributed by atoms with Gasteiger partial charge in [-0.15, -0.1) is 0 Å². The summed E-state index contributed by atoms with van der Waals surface area (Å²) in [5.41, 5.74) is -0.514. The summed E-state index contributed by atoms with van der Waals surface area (Å²) in [5, 5.41) is 0. The van der Waals surface area contributed by atoms with Crippen molar-refractivity contribution in [1.82, 2.24) is 9.55 Å². The van der Waals surface area contributed by atoms with Gasteiger partial charge in [-0.2, -0.15) is 0 Å². The second-order valence-corrected chi connectivity index (χ2v) is 3.05. The van der Waals surface area contributed by atoms with Crippen molar-refractivity contribution in [2.45, 2.75) is 19.9 Å². The van der Waals surface area contributed by atoms with Crippen LogP contribution in [0.3, 0.4) is 0 Å². The Labute approximate surface area is 91.9 Å². The van der Waals surface area contributed by atoms with Crippen molar-refractivity contribution in [3.63, 3.8) is 0 Å². The zero-order valence-electron chi connectivity index (χ0n) is 8.88. The highest BCUT2D eigenvalue weighted by atomic mass is 16.5. The number of hydrogen-bond acceptors (Lipinski definition) is 5. The van der Waals surface area contributed by atoms with Gasteiger partial charge in [0.15, 0.2) is 5.78 Å². The third-order valence-electron chi connectivity index (χ3n) is 1.78. The monoisotopic (exact) mass is 224 g/mol. The summed E-state index contributed by atoms with van der Waals surface area (Å²) in [6.45, 7) is 1.73. The fourth-order valence-corrected chi connectivity index (χ4v) is 1.13. The van der Waals surface area contributed by atoms with Gasteiger partial charge in [-0.3, -0.25) is 14.2 Å². The summed E-state index contributed by atoms with van der Waals surface area (Å²) in [6, 6.07) is 1.54. The molecule has 0 saturated heterocycles. The molecule has 0 amide bonds. The van der Waals surface area contributed by atoms with Gasteiger partial charge in [-0.25, -0.2) is 9.78 Å². The van der Waals surface area contributed by atoms with Crippen LogP contribution in [0.15, 0.2) is 23.3 Å². The van der Waals surface area contributed by atoms with E-state index in [4.69, 9.17) is 0 Å². The van der Waals surface area contributed by atoms with Gasteiger partial charge in [0.25, 0.3) is 0 Å². The number of nitrogens with zero attached hydrogens (tertiary/aromatic N) is 2. The van der Waals surface area contributed by atoms with Crippen molar-refractivity contribution in [2.24, 2.45) is 0 Å². The highest BCUT2D eigenvalue weighted by molar-refractivity contribution is 5.95. The Morgan fingerprint density at radius 3 is 2.88 bits per heavy atom. The van der Waals surface area contributed by atoms with Crippen molar-refractivity contribution in [1.29, 1.82) is 0 Å². The standard InChI is InChI=1S/C10H12N2O4/c1-2-16-9(14)6-8(13)7-12-5-3-4-11-10(12)15/h3-5H,2,6-7H2,1H3. The minimum absolute atomic E-state index is 0.161. The van der Waals surface area contributed by atoms with E-state index in [2.05, 4.69) is 9.72 Å². The van der Waals surface area contributed by atoms with Crippen LogP contribution in [0.2, 0.25) is 0 Å². The van der Waals surface area contributed by atoms with Gasteiger partial charge in [0.05, 0.1) is 13.2 Å². The second kappa shape index (κ2) is 5.79. The van der Waals surface area contributed by atoms with Crippen molar-refractivity contribution in [3.8, 4) is 0 Å². The highest BCUT2D eigenvalue weighted by Crippen LogP contribution is 1.91. The summed E-state index contributed by atoms with van der Waals surface area (Å²) in [7, 11) is 0. The third kappa shape index (κ3) is 3.64. The maximum absolute atomic E-state index is 11.4. The zero-order chi connectivity index (χ0) is 12.0. The molecule has 6 heteroatoms. The quantitative estimate of drug-likeness (QED) is 0.509. The molecule has 0 atom stereocenters. The molecule has 1 rings (SSSR count). The number of ketones is 1. The van der Waals surface area contributed by atoms with Crippen molar-refractivity contribution in [2.75, 3.05) is 6.61 Å². The van der Waals surface area contributed by atoms with Crippen LogP contribution in [0.25, 0.3) is 0 Å². The van der Waals surface area contributed by atoms with Crippen LogP contribution < -0.4 is 5.69 Å². The van der Waals surface area contributed by atoms with Gasteiger partial charge in [0.2, 0.25) is 0 Å². The first-order chi connectivity index (χ1) is 7.63. The molecule has 0 aliphatic heterocycles. The molecule has 6 nitrogen and oxygen atoms in total. The summed E-state index contributed by atoms with van der Waals surface area (Å²) in [6.07, 6.45) is 2.46. The lowest BCUT2D eigenvalue weighted by Crippen LogP contribution is -2.26. The molecule has 0 aromatic carbocycles. The summed E-state index contributed by atoms with van der Waals surface area (Å²) in [4.78, 5) is 37.0. The van der Waals surface area contributed by atoms with Gasteiger partial charge >= 0.3 is 11.7 Å². The normalized spacial score (nSPS) is 9.81. The number of rotatable bonds is 5. The van der Waals surface area contributed by atoms with Gasteiger partial charge in [-0.1, -0.05) is 0 Å². The zero-order valence-corrected chi connectivity index (χ0v) is 8.88. The SMILES string of the molecule is CCOC(=O)CC(=O)Cn1cccnc1=O. The number of carbonyl (C=O) groups is 2. The molecular weight excluding hydrogens is 212 g/mol. The Balaban J connectivity index is 2.56. The number of esters is 1. The molecule has 0 saturated carbocycles. The Hall–Kier alpha value is -1.98. The molecule has 1 heterocycles. The van der Waals surface area contributed by atoms with Crippen molar-refractivity contribution < 1.29 is 14.3 Å². The van der Waals surface area contributed by atoms with Crippen LogP contribution >= 0.6 is 0 Å². The van der Waals surface area contributed by atoms with E-state index >= 15 is 0 Å². The van der Waals surface area contributed by atoms with Gasteiger partial charge in [0.1, 0.15) is 6.42 Å². The first kappa shape index (κ1) is 12.1. The van der Waals surface area contributed by atoms with Crippen molar-refractivity contribution >= 4 is 11.8 Å². The van der Waals surface area contributed by atoms with Crippen LogP contribution in [0.4, 0.5) is 0 Å². The van der Waals surface area contributed by atoms with E-state index in [0.29, 0.717) is 0 Å². The molecule has 0 unspecified atom stereocenters. The Morgan fingerprint density at radius 1 is 1.50 bits per heavy atom. The van der Waals surface area contributed by atoms with Crippen LogP contribution in [-0.4, -0.2) is 27.9 Å². The molecule has 0 radical (unpaired) electrons. The van der Waals surface area contributed by atoms with E-state index in [0.717, 1.165) is 4.57 Å². The maximum atomic E-state index is 11.4. The summed E-state index contributed by atoms with van der Waals surface area (Å²) < 4.78 is 5.76. The molecule has 0 aliphatic rings. The summed E-state index contributed by atoms with van der Waals surface area (Å²) >= 11 is 0. The van der Waals surface area contributed by atoms with Crippen LogP contribution in [-0.2, 0) is 20.9 Å². The minimum atomic E-state index is -0.579. The highest BCUT2D eigenvalue weighted by Gasteiger charge is 2.11. The molecular formula is C10H12N2O4. The number of ether oxygens (including phenoxy) is 1. The Bertz CT molecular complexity index is 438. The predicted molar refractivity (Wildman–Crippen MR) is 54.8 cm³/mol. The van der Waals surface area contributed by atoms with E-state index in [-0.39, 0.29) is 25.4 Å². The van der Waals surface area contributed by atoms with Crippen LogP contribution in [0, 0.1) is 0 Å². The Morgan fingerprint density at radius 2 is 2.25 bits per heavy atom. The molecule has 86 valence electrons. The first-order valence-corrected chi connectivity index (χ1v) is 4.82. The van der Waals surface area contributed by atoms with E-state index in [9.17, 15) is 14.4 Å². The molecule has 16 heavy (non-hydrogen) atoms. The first-order valence-electron chi connectivity index (χ1n) is 4.82. The Kier molecular flexibility index (Phi) is 4.38. The minimum Gasteiger partial charge on any atom is -0.466 e. The average molecular weight is 224 g/mol. The topological polar surface area (TPSA) is 78.3 Å². The molecule has 0 N–H and O–H groups in total. The second-order valence-electron chi connectivity index (χ2n) is 3.05. The number of aromatic nitrogens is 2. The van der Waals surface area contributed by atoms with E-state index in [1.165, 1.54) is 12.4 Å². The number of carbonyl (C=O) groups excluding carboxylic acids is 2. The fraction of sp³-hybridized carbons (Fsp3) is 0.400. The van der Waals surface area contributed by atoms with Gasteiger partial charge in [-0.05, 0) is 13.0 Å². The lowest BCUT2D eigenvalue weighted by atomic mass is 10.3. The lowest BCUT2D eigenvalue weighted by Gasteiger charge is -2.03. The van der Waals surface area contributed by atoms with E-state index < -0.39 is 11.7 Å². The predicted octanol–water partition coefficient (Wildman–Crippen LogP) is -0.234. The molecule has 0 aliphatic carbocycles. The van der Waals surface area contributed by atoms with E-state index in [1.54, 1.807) is 13.0 Å². The lowest BCUT2D eigenvalue weighted by molar-refractivity contribution is -0.145. The molecule has 0 bridgehead atoms. The molecule has 1 aromatic rings. The summed E-state index contributed by atoms with van der Waals surface area (Å²) in [5.74, 6) is -0.960. The smallest absolute Gasteiger partial charge is 0.347 e. The molecule has 0 fully saturated rings. The maximum Gasteiger partial charge on any atom is 0.347 e. The average Bonchev–Trinajstić information content (AvgIpc) is 2.21. The number of Topliss-reactive ketones (excluding diaryl/α,β-unsaturated/α-hetero) is 1. The largest absolute Gasteiger partial charge is 0.466 e. The molecule has 1 aromatic heterocycles. The fourth-order valence-electron chi connectivity index (χ4n) is 1.13. The van der Waals surface area contributed by atoms with Crippen LogP contribution in [0.5, 0.6) is 0 Å². The number of hydrogen-bond donors (Lipinski definition) is 0. The van der Waals surface area contributed by atoms with E-state index in [1.807, 2.05) is 0 Å². The van der Waals surface area contributed by atoms with Gasteiger partial charge < -0.3 is 4.74 Å². The van der Waals surface area contributed by atoms with Gasteiger partial charge in [0, 0.05) is 12.4 Å². The van der Waals surface area contributed by atoms with Crippen LogP contribution in [0.1, 0.15) is 13.3 Å². The third-order valence-corrected chi connectivity index (χ3v) is 1.78. The molecule has 0 spiro atoms. The van der Waals surface area contributed by atoms with Crippen molar-refractivity contribution in [3.05, 3.63) is 28.9 Å².